The number of nitrogens with two attached hydrogens (primary N) is 1. The maximum absolute atomic E-state index is 5.80. The van der Waals surface area contributed by atoms with Crippen LogP contribution in [0.2, 0.25) is 0 Å². The molecule has 112 valence electrons. The average Bonchev–Trinajstić information content (AvgIpc) is 2.92. The standard InChI is InChI=1S/C17H19BN2O2/c1-2-21-15-8-6-12(7-9-15)17(11-22-16(19)20-17)13-4-3-5-14(18)10-13/h3-10H,2,11,18H2,1H3,(H2,19,20). The number of aliphatic imine (C=N–C) groups is 1. The first kappa shape index (κ1) is 14.5. The SMILES string of the molecule is Bc1cccc(C2(c3ccc(OCC)cc3)COC(N)=N2)c1. The van der Waals surface area contributed by atoms with Crippen molar-refractivity contribution in [3.8, 4) is 5.75 Å². The second-order valence-electron chi connectivity index (χ2n) is 5.43. The number of hydrogen-bond acceptors (Lipinski definition) is 4. The molecule has 1 aliphatic rings. The molecule has 0 amide bonds. The average molecular weight is 294 g/mol. The Morgan fingerprint density at radius 1 is 1.23 bits per heavy atom. The molecule has 4 nitrogen and oxygen atoms in total. The predicted molar refractivity (Wildman–Crippen MR) is 90.6 cm³/mol. The van der Waals surface area contributed by atoms with Gasteiger partial charge in [-0.25, -0.2) is 4.99 Å². The third kappa shape index (κ3) is 2.54. The van der Waals surface area contributed by atoms with E-state index in [4.69, 9.17) is 15.2 Å². The van der Waals surface area contributed by atoms with Gasteiger partial charge in [0.05, 0.1) is 6.61 Å². The van der Waals surface area contributed by atoms with Crippen LogP contribution in [-0.2, 0) is 10.3 Å². The number of rotatable bonds is 4. The van der Waals surface area contributed by atoms with Gasteiger partial charge < -0.3 is 15.2 Å². The Labute approximate surface area is 131 Å². The zero-order valence-electron chi connectivity index (χ0n) is 12.9. The minimum atomic E-state index is -0.582. The van der Waals surface area contributed by atoms with Crippen LogP contribution in [0.1, 0.15) is 18.1 Å². The van der Waals surface area contributed by atoms with Crippen LogP contribution in [0.25, 0.3) is 0 Å². The molecule has 0 bridgehead atoms. The molecule has 2 aromatic rings. The molecule has 3 rings (SSSR count). The van der Waals surface area contributed by atoms with Gasteiger partial charge in [-0.15, -0.1) is 0 Å². The van der Waals surface area contributed by atoms with Crippen molar-refractivity contribution in [2.45, 2.75) is 12.5 Å². The van der Waals surface area contributed by atoms with Gasteiger partial charge in [0, 0.05) is 0 Å². The summed E-state index contributed by atoms with van der Waals surface area (Å²) < 4.78 is 11.0. The summed E-state index contributed by atoms with van der Waals surface area (Å²) >= 11 is 0. The highest BCUT2D eigenvalue weighted by Gasteiger charge is 2.39. The molecule has 0 aliphatic carbocycles. The summed E-state index contributed by atoms with van der Waals surface area (Å²) in [6, 6.07) is 16.5. The Morgan fingerprint density at radius 2 is 2.00 bits per heavy atom. The molecule has 0 radical (unpaired) electrons. The normalized spacial score (nSPS) is 20.3. The van der Waals surface area contributed by atoms with Crippen molar-refractivity contribution in [1.82, 2.24) is 0 Å². The van der Waals surface area contributed by atoms with Crippen LogP contribution < -0.4 is 15.9 Å². The van der Waals surface area contributed by atoms with Crippen molar-refractivity contribution in [2.75, 3.05) is 13.2 Å². The van der Waals surface area contributed by atoms with Crippen LogP contribution in [0, 0.1) is 0 Å². The van der Waals surface area contributed by atoms with Crippen LogP contribution in [0.3, 0.4) is 0 Å². The Morgan fingerprint density at radius 3 is 2.59 bits per heavy atom. The van der Waals surface area contributed by atoms with Crippen LogP contribution in [0.5, 0.6) is 5.75 Å². The van der Waals surface area contributed by atoms with Crippen LogP contribution in [0.4, 0.5) is 0 Å². The third-order valence-electron chi connectivity index (χ3n) is 3.87. The predicted octanol–water partition coefficient (Wildman–Crippen LogP) is 0.932. The molecule has 0 spiro atoms. The third-order valence-corrected chi connectivity index (χ3v) is 3.87. The molecule has 0 saturated carbocycles. The van der Waals surface area contributed by atoms with Crippen molar-refractivity contribution in [2.24, 2.45) is 10.7 Å². The van der Waals surface area contributed by atoms with Crippen molar-refractivity contribution in [3.63, 3.8) is 0 Å². The quantitative estimate of drug-likeness (QED) is 0.854. The first-order valence-corrected chi connectivity index (χ1v) is 7.42. The summed E-state index contributed by atoms with van der Waals surface area (Å²) in [5, 5.41) is 0. The summed E-state index contributed by atoms with van der Waals surface area (Å²) in [7, 11) is 2.07. The summed E-state index contributed by atoms with van der Waals surface area (Å²) in [6.45, 7) is 3.03. The molecule has 5 heteroatoms. The first-order chi connectivity index (χ1) is 10.6. The monoisotopic (exact) mass is 294 g/mol. The van der Waals surface area contributed by atoms with E-state index in [2.05, 4.69) is 31.0 Å². The molecule has 0 aromatic heterocycles. The number of ether oxygens (including phenoxy) is 2. The molecular formula is C17H19BN2O2. The smallest absolute Gasteiger partial charge is 0.283 e. The highest BCUT2D eigenvalue weighted by molar-refractivity contribution is 6.32. The van der Waals surface area contributed by atoms with Crippen LogP contribution >= 0.6 is 0 Å². The van der Waals surface area contributed by atoms with Crippen molar-refractivity contribution < 1.29 is 9.47 Å². The van der Waals surface area contributed by atoms with Crippen molar-refractivity contribution in [1.29, 1.82) is 0 Å². The molecular weight excluding hydrogens is 275 g/mol. The summed E-state index contributed by atoms with van der Waals surface area (Å²) in [6.07, 6.45) is 0. The summed E-state index contributed by atoms with van der Waals surface area (Å²) in [4.78, 5) is 4.61. The molecule has 2 N–H and O–H groups in total. The molecule has 1 aliphatic heterocycles. The lowest BCUT2D eigenvalue weighted by molar-refractivity contribution is 0.278. The number of benzene rings is 2. The zero-order chi connectivity index (χ0) is 15.6. The highest BCUT2D eigenvalue weighted by Crippen LogP contribution is 2.37. The molecule has 0 fully saturated rings. The van der Waals surface area contributed by atoms with Crippen LogP contribution in [0.15, 0.2) is 53.5 Å². The second-order valence-corrected chi connectivity index (χ2v) is 5.43. The van der Waals surface area contributed by atoms with Gasteiger partial charge in [0.25, 0.3) is 6.02 Å². The molecule has 2 aromatic carbocycles. The fraction of sp³-hybridized carbons (Fsp3) is 0.235. The lowest BCUT2D eigenvalue weighted by Gasteiger charge is -2.25. The molecule has 22 heavy (non-hydrogen) atoms. The van der Waals surface area contributed by atoms with Gasteiger partial charge in [-0.05, 0) is 30.2 Å². The first-order valence-electron chi connectivity index (χ1n) is 7.42. The molecule has 1 unspecified atom stereocenters. The van der Waals surface area contributed by atoms with Gasteiger partial charge in [-0.1, -0.05) is 41.9 Å². The fourth-order valence-corrected chi connectivity index (χ4v) is 2.79. The lowest BCUT2D eigenvalue weighted by Crippen LogP contribution is -2.28. The Balaban J connectivity index is 2.07. The molecule has 1 atom stereocenters. The number of hydrogen-bond donors (Lipinski definition) is 1. The highest BCUT2D eigenvalue weighted by atomic mass is 16.5. The zero-order valence-corrected chi connectivity index (χ0v) is 12.9. The van der Waals surface area contributed by atoms with E-state index in [1.54, 1.807) is 0 Å². The van der Waals surface area contributed by atoms with E-state index in [0.29, 0.717) is 13.2 Å². The maximum atomic E-state index is 5.80. The largest absolute Gasteiger partial charge is 0.494 e. The van der Waals surface area contributed by atoms with Gasteiger partial charge in [-0.2, -0.15) is 0 Å². The van der Waals surface area contributed by atoms with E-state index in [9.17, 15) is 0 Å². The van der Waals surface area contributed by atoms with E-state index in [-0.39, 0.29) is 6.02 Å². The molecule has 1 heterocycles. The summed E-state index contributed by atoms with van der Waals surface area (Å²) in [5.41, 5.74) is 8.53. The van der Waals surface area contributed by atoms with Crippen molar-refractivity contribution in [3.05, 3.63) is 59.7 Å². The maximum Gasteiger partial charge on any atom is 0.283 e. The van der Waals surface area contributed by atoms with E-state index in [1.165, 1.54) is 5.46 Å². The van der Waals surface area contributed by atoms with Crippen LogP contribution in [-0.4, -0.2) is 27.1 Å². The minimum Gasteiger partial charge on any atom is -0.494 e. The number of nitrogens with zero attached hydrogens (tertiary/aromatic N) is 1. The Kier molecular flexibility index (Phi) is 3.80. The number of amidine groups is 1. The van der Waals surface area contributed by atoms with Gasteiger partial charge in [-0.3, -0.25) is 0 Å². The summed E-state index contributed by atoms with van der Waals surface area (Å²) in [5.74, 6) is 0.849. The fourth-order valence-electron chi connectivity index (χ4n) is 2.79. The van der Waals surface area contributed by atoms with Crippen molar-refractivity contribution >= 4 is 19.3 Å². The second kappa shape index (κ2) is 5.75. The lowest BCUT2D eigenvalue weighted by atomic mass is 9.81. The van der Waals surface area contributed by atoms with Gasteiger partial charge in [0.15, 0.2) is 0 Å². The van der Waals surface area contributed by atoms with Gasteiger partial charge >= 0.3 is 0 Å². The van der Waals surface area contributed by atoms with E-state index < -0.39 is 5.54 Å². The Bertz CT molecular complexity index is 700. The van der Waals surface area contributed by atoms with Gasteiger partial charge in [0.2, 0.25) is 0 Å². The van der Waals surface area contributed by atoms with E-state index in [1.807, 2.05) is 37.3 Å². The van der Waals surface area contributed by atoms with Gasteiger partial charge in [0.1, 0.15) is 25.7 Å². The Hall–Kier alpha value is -2.43. The molecule has 0 saturated heterocycles. The van der Waals surface area contributed by atoms with E-state index in [0.717, 1.165) is 16.9 Å². The minimum absolute atomic E-state index is 0.232. The van der Waals surface area contributed by atoms with E-state index >= 15 is 0 Å². The topological polar surface area (TPSA) is 56.8 Å².